The van der Waals surface area contributed by atoms with E-state index in [9.17, 15) is 13.2 Å². The molecule has 0 bridgehead atoms. The second kappa shape index (κ2) is 6.77. The molecule has 9 heteroatoms. The van der Waals surface area contributed by atoms with Crippen LogP contribution in [0.2, 0.25) is 0 Å². The summed E-state index contributed by atoms with van der Waals surface area (Å²) in [6.45, 7) is 2.60. The molecule has 154 valence electrons. The van der Waals surface area contributed by atoms with Gasteiger partial charge in [0.1, 0.15) is 4.75 Å². The Morgan fingerprint density at radius 2 is 2.21 bits per heavy atom. The fraction of sp³-hybridized carbons (Fsp3) is 0.550. The minimum Gasteiger partial charge on any atom is -0.463 e. The second-order valence-electron chi connectivity index (χ2n) is 8.23. The molecule has 7 nitrogen and oxygen atoms in total. The molecule has 0 unspecified atom stereocenters. The first-order valence-electron chi connectivity index (χ1n) is 9.94. The van der Waals surface area contributed by atoms with Crippen LogP contribution in [-0.4, -0.2) is 59.4 Å². The van der Waals surface area contributed by atoms with Crippen molar-refractivity contribution < 1.29 is 17.9 Å². The topological polar surface area (TPSA) is 89.5 Å². The number of fused-ring (bicyclic) bond motifs is 1. The van der Waals surface area contributed by atoms with Crippen LogP contribution in [0.3, 0.4) is 0 Å². The van der Waals surface area contributed by atoms with E-state index in [1.54, 1.807) is 28.5 Å². The third-order valence-electron chi connectivity index (χ3n) is 6.45. The van der Waals surface area contributed by atoms with E-state index in [4.69, 9.17) is 4.74 Å². The summed E-state index contributed by atoms with van der Waals surface area (Å²) in [5.41, 5.74) is 2.08. The average molecular weight is 434 g/mol. The third kappa shape index (κ3) is 3.06. The monoisotopic (exact) mass is 433 g/mol. The first-order valence-corrected chi connectivity index (χ1v) is 12.4. The van der Waals surface area contributed by atoms with Crippen molar-refractivity contribution >= 4 is 27.1 Å². The molecule has 0 aromatic carbocycles. The smallest absolute Gasteiger partial charge is 0.316 e. The van der Waals surface area contributed by atoms with Crippen molar-refractivity contribution in [2.45, 2.75) is 37.4 Å². The molecule has 1 atom stereocenters. The lowest BCUT2D eigenvalue weighted by Gasteiger charge is -2.49. The van der Waals surface area contributed by atoms with Crippen LogP contribution in [0.25, 0.3) is 0 Å². The van der Waals surface area contributed by atoms with E-state index >= 15 is 0 Å². The summed E-state index contributed by atoms with van der Waals surface area (Å²) >= 11 is 1.57. The Morgan fingerprint density at radius 3 is 2.97 bits per heavy atom. The molecule has 1 aliphatic carbocycles. The third-order valence-corrected chi connectivity index (χ3v) is 10.3. The van der Waals surface area contributed by atoms with Gasteiger partial charge in [0.25, 0.3) is 5.91 Å². The van der Waals surface area contributed by atoms with E-state index in [-0.39, 0.29) is 43.3 Å². The fourth-order valence-corrected chi connectivity index (χ4v) is 8.33. The average Bonchev–Trinajstić information content (AvgIpc) is 3.30. The Hall–Kier alpha value is -2.00. The van der Waals surface area contributed by atoms with E-state index in [1.807, 2.05) is 13.0 Å². The maximum absolute atomic E-state index is 12.9. The van der Waals surface area contributed by atoms with Crippen LogP contribution >= 0.6 is 11.3 Å². The summed E-state index contributed by atoms with van der Waals surface area (Å²) in [6, 6.07) is 4.05. The normalized spacial score (nSPS) is 23.8. The lowest BCUT2D eigenvalue weighted by atomic mass is 9.83. The number of carbonyl (C=O) groups is 1. The molecule has 2 aromatic rings. The number of aryl methyl sites for hydroxylation is 3. The quantitative estimate of drug-likeness (QED) is 0.733. The first-order chi connectivity index (χ1) is 13.9. The van der Waals surface area contributed by atoms with Crippen LogP contribution in [0.5, 0.6) is 6.01 Å². The lowest BCUT2D eigenvalue weighted by Crippen LogP contribution is -2.68. The molecule has 3 aliphatic rings. The molecule has 0 saturated carbocycles. The van der Waals surface area contributed by atoms with Crippen molar-refractivity contribution in [3.8, 4) is 6.01 Å². The van der Waals surface area contributed by atoms with Crippen molar-refractivity contribution in [3.63, 3.8) is 0 Å². The molecule has 0 N–H and O–H groups in total. The number of aromatic nitrogens is 2. The molecule has 4 heterocycles. The molecule has 1 spiro atoms. The minimum absolute atomic E-state index is 0.0428. The molecule has 2 aliphatic heterocycles. The van der Waals surface area contributed by atoms with Crippen LogP contribution < -0.4 is 4.74 Å². The molecule has 2 saturated heterocycles. The number of ether oxygens (including phenoxy) is 1. The van der Waals surface area contributed by atoms with Gasteiger partial charge in [-0.3, -0.25) is 4.79 Å². The Kier molecular flexibility index (Phi) is 4.43. The highest BCUT2D eigenvalue weighted by molar-refractivity contribution is 7.93. The number of likely N-dealkylation sites (tertiary alicyclic amines) is 1. The molecular formula is C20H23N3O4S2. The minimum atomic E-state index is -3.27. The standard InChI is InChI=1S/C20H23N3O4S2/c1-13-5-7-21-19(22-13)27-10-15-6-8-29(25,26)20(15)11-23(12-20)18(24)17-9-14-3-2-4-16(14)28-17/h5,7,9,15H,2-4,6,8,10-12H2,1H3/t15-/m1/s1. The number of carbonyl (C=O) groups excluding carboxylic acids is 1. The van der Waals surface area contributed by atoms with Gasteiger partial charge in [-0.2, -0.15) is 0 Å². The van der Waals surface area contributed by atoms with Gasteiger partial charge in [-0.25, -0.2) is 18.4 Å². The van der Waals surface area contributed by atoms with E-state index < -0.39 is 14.6 Å². The molecule has 2 fully saturated rings. The van der Waals surface area contributed by atoms with Crippen LogP contribution in [0.1, 0.15) is 38.6 Å². The van der Waals surface area contributed by atoms with Crippen LogP contribution in [0.4, 0.5) is 0 Å². The predicted octanol–water partition coefficient (Wildman–Crippen LogP) is 2.04. The van der Waals surface area contributed by atoms with E-state index in [0.29, 0.717) is 6.42 Å². The highest BCUT2D eigenvalue weighted by atomic mass is 32.2. The second-order valence-corrected chi connectivity index (χ2v) is 11.8. The number of nitrogens with zero attached hydrogens (tertiary/aromatic N) is 3. The van der Waals surface area contributed by atoms with Gasteiger partial charge >= 0.3 is 6.01 Å². The van der Waals surface area contributed by atoms with Gasteiger partial charge in [0.05, 0.1) is 17.2 Å². The SMILES string of the molecule is Cc1ccnc(OC[C@H]2CCS(=O)(=O)C23CN(C(=O)c2cc4c(s2)CCC4)C3)n1. The highest BCUT2D eigenvalue weighted by Crippen LogP contribution is 2.45. The van der Waals surface area contributed by atoms with E-state index in [2.05, 4.69) is 9.97 Å². The Balaban J connectivity index is 1.29. The van der Waals surface area contributed by atoms with Crippen molar-refractivity contribution in [3.05, 3.63) is 39.3 Å². The maximum atomic E-state index is 12.9. The van der Waals surface area contributed by atoms with E-state index in [1.165, 1.54) is 10.4 Å². The number of rotatable bonds is 4. The Labute approximate surface area is 174 Å². The van der Waals surface area contributed by atoms with Crippen LogP contribution in [0, 0.1) is 12.8 Å². The molecular weight excluding hydrogens is 410 g/mol. The van der Waals surface area contributed by atoms with Gasteiger partial charge < -0.3 is 9.64 Å². The van der Waals surface area contributed by atoms with Gasteiger partial charge in [-0.1, -0.05) is 0 Å². The van der Waals surface area contributed by atoms with Gasteiger partial charge in [-0.15, -0.1) is 11.3 Å². The zero-order chi connectivity index (χ0) is 20.2. The number of thiophene rings is 1. The fourth-order valence-electron chi connectivity index (χ4n) is 4.71. The van der Waals surface area contributed by atoms with Gasteiger partial charge in [0.15, 0.2) is 9.84 Å². The maximum Gasteiger partial charge on any atom is 0.316 e. The molecule has 5 rings (SSSR count). The summed E-state index contributed by atoms with van der Waals surface area (Å²) in [7, 11) is -3.27. The van der Waals surface area contributed by atoms with Gasteiger partial charge in [0, 0.05) is 35.8 Å². The highest BCUT2D eigenvalue weighted by Gasteiger charge is 2.62. The Bertz CT molecular complexity index is 1050. The van der Waals surface area contributed by atoms with Crippen molar-refractivity contribution in [1.29, 1.82) is 0 Å². The summed E-state index contributed by atoms with van der Waals surface area (Å²) < 4.78 is 30.5. The molecule has 2 aromatic heterocycles. The number of hydrogen-bond donors (Lipinski definition) is 0. The largest absolute Gasteiger partial charge is 0.463 e. The molecule has 29 heavy (non-hydrogen) atoms. The van der Waals surface area contributed by atoms with Crippen molar-refractivity contribution in [2.24, 2.45) is 5.92 Å². The number of amides is 1. The van der Waals surface area contributed by atoms with E-state index in [0.717, 1.165) is 29.8 Å². The van der Waals surface area contributed by atoms with Crippen LogP contribution in [0.15, 0.2) is 18.3 Å². The Morgan fingerprint density at radius 1 is 1.38 bits per heavy atom. The van der Waals surface area contributed by atoms with Crippen LogP contribution in [-0.2, 0) is 22.7 Å². The summed E-state index contributed by atoms with van der Waals surface area (Å²) in [5.74, 6) is -0.0572. The summed E-state index contributed by atoms with van der Waals surface area (Å²) in [5, 5.41) is 0. The van der Waals surface area contributed by atoms with Gasteiger partial charge in [-0.05, 0) is 50.3 Å². The number of sulfone groups is 1. The lowest BCUT2D eigenvalue weighted by molar-refractivity contribution is 0.0408. The predicted molar refractivity (Wildman–Crippen MR) is 109 cm³/mol. The summed E-state index contributed by atoms with van der Waals surface area (Å²) in [4.78, 5) is 24.9. The summed E-state index contributed by atoms with van der Waals surface area (Å²) in [6.07, 6.45) is 5.42. The zero-order valence-electron chi connectivity index (χ0n) is 16.3. The molecule has 1 amide bonds. The molecule has 0 radical (unpaired) electrons. The number of hydrogen-bond acceptors (Lipinski definition) is 7. The zero-order valence-corrected chi connectivity index (χ0v) is 17.9. The van der Waals surface area contributed by atoms with Gasteiger partial charge in [0.2, 0.25) is 0 Å². The first kappa shape index (κ1) is 19.0. The van der Waals surface area contributed by atoms with Crippen molar-refractivity contribution in [2.75, 3.05) is 25.4 Å². The van der Waals surface area contributed by atoms with Crippen molar-refractivity contribution in [1.82, 2.24) is 14.9 Å².